The van der Waals surface area contributed by atoms with Gasteiger partial charge < -0.3 is 0 Å². The molecule has 0 aliphatic heterocycles. The molecule has 0 spiro atoms. The second-order valence-electron chi connectivity index (χ2n) is 5.25. The van der Waals surface area contributed by atoms with Crippen LogP contribution in [0.1, 0.15) is 26.3 Å². The molecule has 18 heavy (non-hydrogen) atoms. The Morgan fingerprint density at radius 3 is 1.67 bits per heavy atom. The average molecular weight is 242 g/mol. The molecule has 0 unspecified atom stereocenters. The average Bonchev–Trinajstić information content (AvgIpc) is 2.37. The fraction of sp³-hybridized carbons (Fsp3) is 0.250. The lowest BCUT2D eigenvalue weighted by Gasteiger charge is -2.18. The molecule has 2 aromatic rings. The summed E-state index contributed by atoms with van der Waals surface area (Å²) in [5.41, 5.74) is 1.42. The van der Waals surface area contributed by atoms with Crippen molar-refractivity contribution in [2.45, 2.75) is 26.2 Å². The maximum Gasteiger partial charge on any atom is 0.178 e. The van der Waals surface area contributed by atoms with Crippen molar-refractivity contribution >= 4 is 0 Å². The van der Waals surface area contributed by atoms with E-state index in [1.165, 1.54) is 5.56 Å². The summed E-state index contributed by atoms with van der Waals surface area (Å²) in [7, 11) is 0. The molecule has 0 fully saturated rings. The van der Waals surface area contributed by atoms with Crippen molar-refractivity contribution in [1.29, 1.82) is 0 Å². The Morgan fingerprint density at radius 1 is 0.667 bits per heavy atom. The predicted molar refractivity (Wildman–Crippen MR) is 72.8 cm³/mol. The van der Waals surface area contributed by atoms with E-state index >= 15 is 0 Å². The first kappa shape index (κ1) is 12.5. The first-order valence-corrected chi connectivity index (χ1v) is 6.06. The molecule has 0 heterocycles. The van der Waals surface area contributed by atoms with Crippen molar-refractivity contribution in [3.8, 4) is 11.5 Å². The summed E-state index contributed by atoms with van der Waals surface area (Å²) in [6.07, 6.45) is 0. The number of benzene rings is 2. The zero-order chi connectivity index (χ0) is 13.0. The number of hydrogen-bond donors (Lipinski definition) is 0. The molecule has 0 bridgehead atoms. The van der Waals surface area contributed by atoms with Crippen LogP contribution in [-0.4, -0.2) is 0 Å². The molecule has 2 nitrogen and oxygen atoms in total. The van der Waals surface area contributed by atoms with Gasteiger partial charge in [0.2, 0.25) is 0 Å². The summed E-state index contributed by atoms with van der Waals surface area (Å²) in [4.78, 5) is 10.5. The molecular weight excluding hydrogens is 224 g/mol. The van der Waals surface area contributed by atoms with Gasteiger partial charge in [-0.05, 0) is 35.2 Å². The number of para-hydroxylation sites is 1. The van der Waals surface area contributed by atoms with Gasteiger partial charge in [-0.25, -0.2) is 0 Å². The minimum absolute atomic E-state index is 0.152. The van der Waals surface area contributed by atoms with E-state index in [1.54, 1.807) is 0 Å². The van der Waals surface area contributed by atoms with Crippen LogP contribution in [0.15, 0.2) is 54.6 Å². The second kappa shape index (κ2) is 5.13. The third kappa shape index (κ3) is 3.27. The first-order chi connectivity index (χ1) is 8.55. The molecule has 0 aromatic heterocycles. The summed E-state index contributed by atoms with van der Waals surface area (Å²) < 4.78 is 0. The molecule has 0 aliphatic carbocycles. The Balaban J connectivity index is 1.99. The highest BCUT2D eigenvalue weighted by Gasteiger charge is 2.13. The van der Waals surface area contributed by atoms with Gasteiger partial charge in [-0.15, -0.1) is 0 Å². The molecule has 2 heteroatoms. The van der Waals surface area contributed by atoms with Crippen LogP contribution in [0.25, 0.3) is 0 Å². The summed E-state index contributed by atoms with van der Waals surface area (Å²) >= 11 is 0. The zero-order valence-electron chi connectivity index (χ0n) is 11.0. The van der Waals surface area contributed by atoms with Gasteiger partial charge in [-0.2, -0.15) is 0 Å². The van der Waals surface area contributed by atoms with E-state index in [2.05, 4.69) is 32.9 Å². The maximum atomic E-state index is 5.26. The van der Waals surface area contributed by atoms with Gasteiger partial charge in [0.25, 0.3) is 0 Å². The highest BCUT2D eigenvalue weighted by molar-refractivity contribution is 5.31. The van der Waals surface area contributed by atoms with E-state index in [4.69, 9.17) is 9.78 Å². The Bertz CT molecular complexity index is 481. The second-order valence-corrected chi connectivity index (χ2v) is 5.25. The molecule has 2 aromatic carbocycles. The van der Waals surface area contributed by atoms with E-state index in [0.29, 0.717) is 11.5 Å². The van der Waals surface area contributed by atoms with E-state index < -0.39 is 0 Å². The van der Waals surface area contributed by atoms with Gasteiger partial charge in [0.05, 0.1) is 0 Å². The number of rotatable bonds is 3. The minimum atomic E-state index is 0.152. The third-order valence-electron chi connectivity index (χ3n) is 2.70. The molecule has 0 aliphatic rings. The molecule has 2 rings (SSSR count). The monoisotopic (exact) mass is 242 g/mol. The van der Waals surface area contributed by atoms with Crippen LogP contribution in [-0.2, 0) is 5.41 Å². The minimum Gasteiger partial charge on any atom is -0.290 e. The van der Waals surface area contributed by atoms with Crippen molar-refractivity contribution in [1.82, 2.24) is 0 Å². The quantitative estimate of drug-likeness (QED) is 0.588. The topological polar surface area (TPSA) is 18.5 Å². The van der Waals surface area contributed by atoms with Crippen LogP contribution in [0.5, 0.6) is 11.5 Å². The lowest BCUT2D eigenvalue weighted by molar-refractivity contribution is -0.0999. The molecule has 0 saturated carbocycles. The van der Waals surface area contributed by atoms with Crippen LogP contribution in [0, 0.1) is 0 Å². The Morgan fingerprint density at radius 2 is 1.17 bits per heavy atom. The van der Waals surface area contributed by atoms with Gasteiger partial charge in [-0.1, -0.05) is 51.1 Å². The van der Waals surface area contributed by atoms with E-state index in [1.807, 2.05) is 42.5 Å². The molecular formula is C16H18O2. The SMILES string of the molecule is CC(C)(C)c1ccc(OOc2ccccc2)cc1. The van der Waals surface area contributed by atoms with Gasteiger partial charge >= 0.3 is 0 Å². The fourth-order valence-corrected chi connectivity index (χ4v) is 1.58. The van der Waals surface area contributed by atoms with E-state index in [0.717, 1.165) is 0 Å². The molecule has 0 N–H and O–H groups in total. The van der Waals surface area contributed by atoms with E-state index in [-0.39, 0.29) is 5.41 Å². The fourth-order valence-electron chi connectivity index (χ4n) is 1.58. The van der Waals surface area contributed by atoms with Gasteiger partial charge in [0.1, 0.15) is 0 Å². The predicted octanol–water partition coefficient (Wildman–Crippen LogP) is 4.36. The van der Waals surface area contributed by atoms with Crippen LogP contribution >= 0.6 is 0 Å². The van der Waals surface area contributed by atoms with Crippen LogP contribution < -0.4 is 9.78 Å². The largest absolute Gasteiger partial charge is 0.290 e. The molecule has 0 amide bonds. The van der Waals surface area contributed by atoms with Crippen molar-refractivity contribution in [3.05, 3.63) is 60.2 Å². The summed E-state index contributed by atoms with van der Waals surface area (Å²) in [6, 6.07) is 17.4. The Kier molecular flexibility index (Phi) is 3.56. The third-order valence-corrected chi connectivity index (χ3v) is 2.70. The standard InChI is InChI=1S/C16H18O2/c1-16(2,3)13-9-11-15(12-10-13)18-17-14-7-5-4-6-8-14/h4-12H,1-3H3. The van der Waals surface area contributed by atoms with Gasteiger partial charge in [-0.3, -0.25) is 9.78 Å². The number of hydrogen-bond acceptors (Lipinski definition) is 2. The van der Waals surface area contributed by atoms with Crippen molar-refractivity contribution in [2.75, 3.05) is 0 Å². The lowest BCUT2D eigenvalue weighted by Crippen LogP contribution is -2.10. The van der Waals surface area contributed by atoms with Crippen LogP contribution in [0.3, 0.4) is 0 Å². The van der Waals surface area contributed by atoms with Crippen molar-refractivity contribution in [3.63, 3.8) is 0 Å². The maximum absolute atomic E-state index is 5.26. The molecule has 0 radical (unpaired) electrons. The van der Waals surface area contributed by atoms with Crippen molar-refractivity contribution < 1.29 is 9.78 Å². The summed E-state index contributed by atoms with van der Waals surface area (Å²) in [6.45, 7) is 6.55. The summed E-state index contributed by atoms with van der Waals surface area (Å²) in [5, 5.41) is 0. The smallest absolute Gasteiger partial charge is 0.178 e. The van der Waals surface area contributed by atoms with E-state index in [9.17, 15) is 0 Å². The normalized spacial score (nSPS) is 11.1. The van der Waals surface area contributed by atoms with Gasteiger partial charge in [0.15, 0.2) is 11.5 Å². The Labute approximate surface area is 108 Å². The molecule has 0 atom stereocenters. The highest BCUT2D eigenvalue weighted by atomic mass is 17.2. The van der Waals surface area contributed by atoms with Gasteiger partial charge in [0, 0.05) is 0 Å². The molecule has 0 saturated heterocycles. The van der Waals surface area contributed by atoms with Crippen LogP contribution in [0.4, 0.5) is 0 Å². The molecule has 94 valence electrons. The van der Waals surface area contributed by atoms with Crippen molar-refractivity contribution in [2.24, 2.45) is 0 Å². The van der Waals surface area contributed by atoms with Crippen LogP contribution in [0.2, 0.25) is 0 Å². The summed E-state index contributed by atoms with van der Waals surface area (Å²) in [5.74, 6) is 1.39. The lowest BCUT2D eigenvalue weighted by atomic mass is 9.87. The first-order valence-electron chi connectivity index (χ1n) is 6.06. The zero-order valence-corrected chi connectivity index (χ0v) is 11.0. The Hall–Kier alpha value is -1.96. The highest BCUT2D eigenvalue weighted by Crippen LogP contribution is 2.24.